The zero-order valence-electron chi connectivity index (χ0n) is 6.69. The van der Waals surface area contributed by atoms with E-state index in [0.717, 1.165) is 4.48 Å². The molecule has 56 valence electrons. The van der Waals surface area contributed by atoms with E-state index in [-0.39, 0.29) is 0 Å². The van der Waals surface area contributed by atoms with E-state index in [2.05, 4.69) is 28.9 Å². The fraction of sp³-hybridized carbons (Fsp3) is 0.333. The highest BCUT2D eigenvalue weighted by atomic mass is 79.9. The van der Waals surface area contributed by atoms with Crippen LogP contribution < -0.4 is 0 Å². The molecule has 0 radical (unpaired) electrons. The first-order valence-electron chi connectivity index (χ1n) is 3.34. The molecule has 0 N–H and O–H groups in total. The van der Waals surface area contributed by atoms with Crippen molar-refractivity contribution in [3.63, 3.8) is 0 Å². The van der Waals surface area contributed by atoms with E-state index < -0.39 is 0 Å². The predicted molar refractivity (Wildman–Crippen MR) is 51.3 cm³/mol. The molecule has 0 amide bonds. The van der Waals surface area contributed by atoms with Gasteiger partial charge in [-0.2, -0.15) is 0 Å². The fourth-order valence-electron chi connectivity index (χ4n) is 0.548. The third-order valence-electron chi connectivity index (χ3n) is 1.17. The minimum atomic E-state index is 1.16. The second-order valence-electron chi connectivity index (χ2n) is 2.01. The highest BCUT2D eigenvalue weighted by molar-refractivity contribution is 9.11. The second kappa shape index (κ2) is 5.48. The van der Waals surface area contributed by atoms with Gasteiger partial charge in [0.25, 0.3) is 0 Å². The molecule has 0 aromatic rings. The Morgan fingerprint density at radius 1 is 1.30 bits per heavy atom. The summed E-state index contributed by atoms with van der Waals surface area (Å²) >= 11 is 3.43. The molecular weight excluding hydrogens is 188 g/mol. The average molecular weight is 201 g/mol. The highest BCUT2D eigenvalue weighted by Crippen LogP contribution is 2.15. The summed E-state index contributed by atoms with van der Waals surface area (Å²) in [5.74, 6) is 0. The van der Waals surface area contributed by atoms with Crippen molar-refractivity contribution in [2.75, 3.05) is 0 Å². The molecule has 0 aliphatic carbocycles. The highest BCUT2D eigenvalue weighted by Gasteiger charge is 1.88. The first kappa shape index (κ1) is 9.70. The Morgan fingerprint density at radius 3 is 2.30 bits per heavy atom. The lowest BCUT2D eigenvalue weighted by molar-refractivity contribution is 1.48. The van der Waals surface area contributed by atoms with Crippen LogP contribution in [-0.2, 0) is 0 Å². The van der Waals surface area contributed by atoms with Gasteiger partial charge in [-0.3, -0.25) is 0 Å². The largest absolute Gasteiger partial charge is 0.0877 e. The Balaban J connectivity index is 4.19. The number of hydrogen-bond donors (Lipinski definition) is 0. The van der Waals surface area contributed by atoms with Gasteiger partial charge in [0.2, 0.25) is 0 Å². The van der Waals surface area contributed by atoms with E-state index in [1.807, 2.05) is 32.1 Å². The maximum absolute atomic E-state index is 3.43. The van der Waals surface area contributed by atoms with Gasteiger partial charge >= 0.3 is 0 Å². The zero-order chi connectivity index (χ0) is 7.98. The van der Waals surface area contributed by atoms with E-state index >= 15 is 0 Å². The van der Waals surface area contributed by atoms with Gasteiger partial charge < -0.3 is 0 Å². The van der Waals surface area contributed by atoms with Crippen molar-refractivity contribution in [2.24, 2.45) is 0 Å². The zero-order valence-corrected chi connectivity index (χ0v) is 8.27. The van der Waals surface area contributed by atoms with Crippen molar-refractivity contribution in [3.05, 3.63) is 34.4 Å². The van der Waals surface area contributed by atoms with Gasteiger partial charge in [-0.15, -0.1) is 0 Å². The lowest BCUT2D eigenvalue weighted by Gasteiger charge is -1.93. The van der Waals surface area contributed by atoms with Crippen molar-refractivity contribution in [3.8, 4) is 0 Å². The molecule has 0 aromatic carbocycles. The molecule has 0 saturated heterocycles. The van der Waals surface area contributed by atoms with E-state index in [1.54, 1.807) is 0 Å². The maximum atomic E-state index is 3.43. The lowest BCUT2D eigenvalue weighted by atomic mass is 10.2. The summed E-state index contributed by atoms with van der Waals surface area (Å²) in [4.78, 5) is 0. The molecular formula is C9H13Br. The standard InChI is InChI=1S/C9H13Br/c1-4-6-7-8(3)9(10)5-2/h4-7H,1-3H3/b6-4-,8-7-,9-5+. The predicted octanol–water partition coefficient (Wildman–Crippen LogP) is 3.81. The number of rotatable bonds is 2. The topological polar surface area (TPSA) is 0 Å². The van der Waals surface area contributed by atoms with Crippen molar-refractivity contribution < 1.29 is 0 Å². The summed E-state index contributed by atoms with van der Waals surface area (Å²) in [6.07, 6.45) is 8.15. The molecule has 0 rings (SSSR count). The smallest absolute Gasteiger partial charge is 0.0161 e. The molecule has 0 aromatic heterocycles. The van der Waals surface area contributed by atoms with Gasteiger partial charge in [0, 0.05) is 4.48 Å². The van der Waals surface area contributed by atoms with Gasteiger partial charge in [0.15, 0.2) is 0 Å². The van der Waals surface area contributed by atoms with Crippen molar-refractivity contribution in [1.29, 1.82) is 0 Å². The van der Waals surface area contributed by atoms with Gasteiger partial charge in [0.1, 0.15) is 0 Å². The quantitative estimate of drug-likeness (QED) is 0.596. The lowest BCUT2D eigenvalue weighted by Crippen LogP contribution is -1.71. The first-order chi connectivity index (χ1) is 4.72. The molecule has 10 heavy (non-hydrogen) atoms. The SMILES string of the molecule is C\C=C/C=C(C)\C(Br)=C/C. The minimum Gasteiger partial charge on any atom is -0.0877 e. The molecule has 0 aliphatic heterocycles. The van der Waals surface area contributed by atoms with Crippen LogP contribution in [0.1, 0.15) is 20.8 Å². The van der Waals surface area contributed by atoms with Gasteiger partial charge in [-0.25, -0.2) is 0 Å². The Morgan fingerprint density at radius 2 is 1.90 bits per heavy atom. The van der Waals surface area contributed by atoms with Crippen LogP contribution in [0.3, 0.4) is 0 Å². The van der Waals surface area contributed by atoms with Gasteiger partial charge in [0.05, 0.1) is 0 Å². The Kier molecular flexibility index (Phi) is 5.32. The number of allylic oxidation sites excluding steroid dienone is 6. The molecule has 0 heterocycles. The van der Waals surface area contributed by atoms with Crippen LogP contribution in [0.5, 0.6) is 0 Å². The Hall–Kier alpha value is -0.300. The molecule has 1 heteroatoms. The van der Waals surface area contributed by atoms with Crippen LogP contribution in [0.4, 0.5) is 0 Å². The third kappa shape index (κ3) is 3.67. The van der Waals surface area contributed by atoms with Gasteiger partial charge in [-0.1, -0.05) is 40.2 Å². The van der Waals surface area contributed by atoms with Crippen LogP contribution in [0.15, 0.2) is 34.4 Å². The fourth-order valence-corrected chi connectivity index (χ4v) is 0.680. The van der Waals surface area contributed by atoms with E-state index in [0.29, 0.717) is 0 Å². The summed E-state index contributed by atoms with van der Waals surface area (Å²) < 4.78 is 1.16. The van der Waals surface area contributed by atoms with E-state index in [9.17, 15) is 0 Å². The van der Waals surface area contributed by atoms with Crippen LogP contribution in [0.2, 0.25) is 0 Å². The molecule has 0 aliphatic rings. The first-order valence-corrected chi connectivity index (χ1v) is 4.13. The summed E-state index contributed by atoms with van der Waals surface area (Å²) in [5, 5.41) is 0. The Labute approximate surface area is 71.5 Å². The Bertz CT molecular complexity index is 173. The van der Waals surface area contributed by atoms with Crippen LogP contribution in [-0.4, -0.2) is 0 Å². The maximum Gasteiger partial charge on any atom is 0.0161 e. The molecule has 0 nitrogen and oxygen atoms in total. The summed E-state index contributed by atoms with van der Waals surface area (Å²) in [6, 6.07) is 0. The van der Waals surface area contributed by atoms with Crippen molar-refractivity contribution in [2.45, 2.75) is 20.8 Å². The van der Waals surface area contributed by atoms with E-state index in [4.69, 9.17) is 0 Å². The number of halogens is 1. The molecule has 0 atom stereocenters. The molecule has 0 fully saturated rings. The van der Waals surface area contributed by atoms with Crippen molar-refractivity contribution >= 4 is 15.9 Å². The number of hydrogen-bond acceptors (Lipinski definition) is 0. The molecule has 0 bridgehead atoms. The van der Waals surface area contributed by atoms with E-state index in [1.165, 1.54) is 5.57 Å². The minimum absolute atomic E-state index is 1.16. The molecule has 0 unspecified atom stereocenters. The summed E-state index contributed by atoms with van der Waals surface area (Å²) in [6.45, 7) is 6.09. The monoisotopic (exact) mass is 200 g/mol. The van der Waals surface area contributed by atoms with Crippen LogP contribution in [0.25, 0.3) is 0 Å². The molecule has 0 spiro atoms. The van der Waals surface area contributed by atoms with Crippen LogP contribution in [0, 0.1) is 0 Å². The summed E-state index contributed by atoms with van der Waals surface area (Å²) in [7, 11) is 0. The second-order valence-corrected chi connectivity index (χ2v) is 2.87. The third-order valence-corrected chi connectivity index (χ3v) is 2.25. The molecule has 0 saturated carbocycles. The van der Waals surface area contributed by atoms with Gasteiger partial charge in [-0.05, 0) is 26.3 Å². The van der Waals surface area contributed by atoms with Crippen molar-refractivity contribution in [1.82, 2.24) is 0 Å². The normalized spacial score (nSPS) is 14.8. The summed E-state index contributed by atoms with van der Waals surface area (Å²) in [5.41, 5.74) is 1.25. The average Bonchev–Trinajstić information content (AvgIpc) is 1.98. The van der Waals surface area contributed by atoms with Crippen LogP contribution >= 0.6 is 15.9 Å².